The molecule has 0 aromatic heterocycles. The second-order valence-electron chi connectivity index (χ2n) is 10.2. The van der Waals surface area contributed by atoms with E-state index in [9.17, 15) is 4.79 Å². The van der Waals surface area contributed by atoms with Crippen LogP contribution in [0, 0.1) is 11.8 Å². The smallest absolute Gasteiger partial charge is 0.407 e. The van der Waals surface area contributed by atoms with Gasteiger partial charge in [-0.1, -0.05) is 105 Å². The molecule has 2 aliphatic rings. The summed E-state index contributed by atoms with van der Waals surface area (Å²) in [6.07, 6.45) is 0.158. The quantitative estimate of drug-likeness (QED) is 0.245. The van der Waals surface area contributed by atoms with Crippen LogP contribution >= 0.6 is 0 Å². The van der Waals surface area contributed by atoms with Gasteiger partial charge in [-0.2, -0.15) is 0 Å². The Kier molecular flexibility index (Phi) is 5.81. The standard InChI is InChI=1S/C34H29NO2/c1-34(2)31-17-8-7-16-28(31)29-19-18-23(21-32(29)34)11-9-10-20-35-33(36)37-22-30-26-14-5-3-12-24(26)25-13-4-6-15-27(25)30/h3-8,12-19,21,30H,10,20,22H2,1-2H3,(H,35,36). The molecule has 182 valence electrons. The minimum absolute atomic E-state index is 0.0325. The number of ether oxygens (including phenoxy) is 1. The summed E-state index contributed by atoms with van der Waals surface area (Å²) in [5.74, 6) is 6.53. The van der Waals surface area contributed by atoms with E-state index in [2.05, 4.69) is 110 Å². The molecule has 0 fully saturated rings. The van der Waals surface area contributed by atoms with Crippen molar-refractivity contribution in [3.05, 3.63) is 119 Å². The highest BCUT2D eigenvalue weighted by molar-refractivity contribution is 5.81. The zero-order valence-corrected chi connectivity index (χ0v) is 21.2. The van der Waals surface area contributed by atoms with Crippen LogP contribution in [0.4, 0.5) is 4.79 Å². The van der Waals surface area contributed by atoms with Crippen LogP contribution < -0.4 is 5.32 Å². The number of fused-ring (bicyclic) bond motifs is 6. The van der Waals surface area contributed by atoms with Crippen molar-refractivity contribution in [3.8, 4) is 34.1 Å². The Morgan fingerprint density at radius 1 is 0.811 bits per heavy atom. The first-order valence-corrected chi connectivity index (χ1v) is 12.9. The third-order valence-corrected chi connectivity index (χ3v) is 7.68. The summed E-state index contributed by atoms with van der Waals surface area (Å²) in [7, 11) is 0. The molecule has 0 saturated carbocycles. The van der Waals surface area contributed by atoms with Crippen LogP contribution in [0.2, 0.25) is 0 Å². The van der Waals surface area contributed by atoms with Gasteiger partial charge in [0.25, 0.3) is 0 Å². The number of nitrogens with one attached hydrogen (secondary N) is 1. The molecule has 3 heteroatoms. The molecule has 0 saturated heterocycles. The van der Waals surface area contributed by atoms with E-state index in [1.165, 1.54) is 44.5 Å². The lowest BCUT2D eigenvalue weighted by atomic mass is 9.82. The molecule has 0 spiro atoms. The van der Waals surface area contributed by atoms with E-state index in [0.717, 1.165) is 5.56 Å². The van der Waals surface area contributed by atoms with Gasteiger partial charge in [0, 0.05) is 29.9 Å². The normalized spacial score (nSPS) is 14.0. The molecule has 2 aliphatic carbocycles. The van der Waals surface area contributed by atoms with Crippen molar-refractivity contribution in [1.82, 2.24) is 5.32 Å². The lowest BCUT2D eigenvalue weighted by Gasteiger charge is -2.21. The summed E-state index contributed by atoms with van der Waals surface area (Å²) in [5.41, 5.74) is 11.1. The largest absolute Gasteiger partial charge is 0.449 e. The van der Waals surface area contributed by atoms with Crippen LogP contribution in [0.5, 0.6) is 0 Å². The first-order chi connectivity index (χ1) is 18.0. The van der Waals surface area contributed by atoms with Crippen LogP contribution in [0.15, 0.2) is 91.0 Å². The van der Waals surface area contributed by atoms with E-state index in [-0.39, 0.29) is 11.3 Å². The number of hydrogen-bond acceptors (Lipinski definition) is 2. The van der Waals surface area contributed by atoms with Gasteiger partial charge in [0.15, 0.2) is 0 Å². The third kappa shape index (κ3) is 4.09. The maximum Gasteiger partial charge on any atom is 0.407 e. The first kappa shape index (κ1) is 23.1. The molecular formula is C34H29NO2. The Morgan fingerprint density at radius 3 is 2.16 bits per heavy atom. The highest BCUT2D eigenvalue weighted by Crippen LogP contribution is 2.48. The minimum Gasteiger partial charge on any atom is -0.449 e. The molecule has 0 unspecified atom stereocenters. The van der Waals surface area contributed by atoms with Gasteiger partial charge in [-0.3, -0.25) is 0 Å². The second kappa shape index (κ2) is 9.30. The summed E-state index contributed by atoms with van der Waals surface area (Å²) in [6.45, 7) is 5.31. The summed E-state index contributed by atoms with van der Waals surface area (Å²) in [4.78, 5) is 12.4. The Balaban J connectivity index is 1.04. The SMILES string of the molecule is CC1(C)c2ccccc2-c2ccc(C#CCCNC(=O)OCC3c4ccccc4-c4ccccc43)cc21. The van der Waals surface area contributed by atoms with E-state index in [4.69, 9.17) is 4.74 Å². The van der Waals surface area contributed by atoms with Gasteiger partial charge in [0.2, 0.25) is 0 Å². The highest BCUT2D eigenvalue weighted by Gasteiger charge is 2.35. The minimum atomic E-state index is -0.402. The maximum atomic E-state index is 12.4. The van der Waals surface area contributed by atoms with Gasteiger partial charge in [-0.25, -0.2) is 4.79 Å². The molecular weight excluding hydrogens is 454 g/mol. The Hall–Kier alpha value is -4.29. The van der Waals surface area contributed by atoms with Crippen LogP contribution in [-0.2, 0) is 10.2 Å². The van der Waals surface area contributed by atoms with Gasteiger partial charge in [0.1, 0.15) is 6.61 Å². The number of alkyl carbamates (subject to hydrolysis) is 1. The molecule has 4 aromatic carbocycles. The topological polar surface area (TPSA) is 38.3 Å². The van der Waals surface area contributed by atoms with Crippen LogP contribution in [-0.4, -0.2) is 19.2 Å². The summed E-state index contributed by atoms with van der Waals surface area (Å²) in [5, 5.41) is 2.84. The van der Waals surface area contributed by atoms with Gasteiger partial charge in [-0.05, 0) is 56.6 Å². The first-order valence-electron chi connectivity index (χ1n) is 12.9. The summed E-state index contributed by atoms with van der Waals surface area (Å²) >= 11 is 0. The Labute approximate surface area is 218 Å². The summed E-state index contributed by atoms with van der Waals surface area (Å²) < 4.78 is 5.61. The van der Waals surface area contributed by atoms with Crippen molar-refractivity contribution in [3.63, 3.8) is 0 Å². The molecule has 4 aromatic rings. The lowest BCUT2D eigenvalue weighted by Crippen LogP contribution is -2.26. The average Bonchev–Trinajstić information content (AvgIpc) is 3.36. The van der Waals surface area contributed by atoms with Gasteiger partial charge >= 0.3 is 6.09 Å². The monoisotopic (exact) mass is 483 g/mol. The molecule has 0 heterocycles. The van der Waals surface area contributed by atoms with Crippen molar-refractivity contribution in [2.24, 2.45) is 0 Å². The third-order valence-electron chi connectivity index (χ3n) is 7.68. The Morgan fingerprint density at radius 2 is 1.43 bits per heavy atom. The van der Waals surface area contributed by atoms with Crippen molar-refractivity contribution in [2.75, 3.05) is 13.2 Å². The van der Waals surface area contributed by atoms with E-state index in [1.54, 1.807) is 0 Å². The van der Waals surface area contributed by atoms with Crippen LogP contribution in [0.1, 0.15) is 54.0 Å². The molecule has 0 atom stereocenters. The van der Waals surface area contributed by atoms with Crippen molar-refractivity contribution in [2.45, 2.75) is 31.6 Å². The molecule has 0 radical (unpaired) electrons. The summed E-state index contributed by atoms with van der Waals surface area (Å²) in [6, 6.07) is 31.8. The zero-order chi connectivity index (χ0) is 25.4. The molecule has 0 aliphatic heterocycles. The average molecular weight is 484 g/mol. The number of benzene rings is 4. The highest BCUT2D eigenvalue weighted by atomic mass is 16.5. The molecule has 0 bridgehead atoms. The van der Waals surface area contributed by atoms with Gasteiger partial charge < -0.3 is 10.1 Å². The number of rotatable bonds is 4. The van der Waals surface area contributed by atoms with Crippen molar-refractivity contribution in [1.29, 1.82) is 0 Å². The molecule has 3 nitrogen and oxygen atoms in total. The maximum absolute atomic E-state index is 12.4. The van der Waals surface area contributed by atoms with E-state index < -0.39 is 6.09 Å². The number of hydrogen-bond donors (Lipinski definition) is 1. The molecule has 6 rings (SSSR count). The number of carbonyl (C=O) groups is 1. The molecule has 37 heavy (non-hydrogen) atoms. The number of amides is 1. The van der Waals surface area contributed by atoms with Gasteiger partial charge in [-0.15, -0.1) is 0 Å². The number of carbonyl (C=O) groups excluding carboxylic acids is 1. The Bertz CT molecular complexity index is 1520. The van der Waals surface area contributed by atoms with Crippen LogP contribution in [0.25, 0.3) is 22.3 Å². The van der Waals surface area contributed by atoms with Gasteiger partial charge in [0.05, 0.1) is 0 Å². The van der Waals surface area contributed by atoms with Crippen LogP contribution in [0.3, 0.4) is 0 Å². The zero-order valence-electron chi connectivity index (χ0n) is 21.2. The lowest BCUT2D eigenvalue weighted by molar-refractivity contribution is 0.143. The van der Waals surface area contributed by atoms with Crippen molar-refractivity contribution < 1.29 is 9.53 Å². The fourth-order valence-electron chi connectivity index (χ4n) is 5.82. The molecule has 1 amide bonds. The second-order valence-corrected chi connectivity index (χ2v) is 10.2. The molecule has 1 N–H and O–H groups in total. The fraction of sp³-hybridized carbons (Fsp3) is 0.206. The predicted octanol–water partition coefficient (Wildman–Crippen LogP) is 7.27. The van der Waals surface area contributed by atoms with E-state index in [0.29, 0.717) is 19.6 Å². The predicted molar refractivity (Wildman–Crippen MR) is 149 cm³/mol. The van der Waals surface area contributed by atoms with E-state index in [1.807, 2.05) is 12.1 Å². The fourth-order valence-corrected chi connectivity index (χ4v) is 5.82. The van der Waals surface area contributed by atoms with E-state index >= 15 is 0 Å². The van der Waals surface area contributed by atoms with Crippen molar-refractivity contribution >= 4 is 6.09 Å².